The summed E-state index contributed by atoms with van der Waals surface area (Å²) in [6.45, 7) is 0. The molecule has 0 spiro atoms. The van der Waals surface area contributed by atoms with Crippen molar-refractivity contribution in [3.05, 3.63) is 64.3 Å². The van der Waals surface area contributed by atoms with E-state index in [0.717, 1.165) is 30.3 Å². The van der Waals surface area contributed by atoms with Crippen molar-refractivity contribution in [1.29, 1.82) is 0 Å². The van der Waals surface area contributed by atoms with Crippen LogP contribution >= 0.6 is 0 Å². The van der Waals surface area contributed by atoms with E-state index in [0.29, 0.717) is 0 Å². The van der Waals surface area contributed by atoms with Gasteiger partial charge in [0.15, 0.2) is 0 Å². The standard InChI is InChI=1S/C15H7F4NO2/c16-10-2-1-3-11-12(10)14(21)22-13(20-11)8-4-6-9(7-5-8)15(17,18)19/h1-7H. The first-order valence-corrected chi connectivity index (χ1v) is 6.13. The molecule has 0 unspecified atom stereocenters. The van der Waals surface area contributed by atoms with Crippen molar-refractivity contribution in [3.8, 4) is 11.5 Å². The van der Waals surface area contributed by atoms with Crippen LogP contribution in [0.25, 0.3) is 22.4 Å². The summed E-state index contributed by atoms with van der Waals surface area (Å²) in [5.41, 5.74) is -1.49. The third-order valence-electron chi connectivity index (χ3n) is 3.07. The number of alkyl halides is 3. The van der Waals surface area contributed by atoms with Crippen LogP contribution in [-0.4, -0.2) is 4.98 Å². The lowest BCUT2D eigenvalue weighted by molar-refractivity contribution is -0.137. The lowest BCUT2D eigenvalue weighted by atomic mass is 10.1. The molecule has 22 heavy (non-hydrogen) atoms. The first-order chi connectivity index (χ1) is 10.4. The number of hydrogen-bond donors (Lipinski definition) is 0. The zero-order valence-corrected chi connectivity index (χ0v) is 10.8. The average Bonchev–Trinajstić information content (AvgIpc) is 2.46. The second-order valence-corrected chi connectivity index (χ2v) is 4.52. The van der Waals surface area contributed by atoms with Gasteiger partial charge in [-0.3, -0.25) is 0 Å². The van der Waals surface area contributed by atoms with Crippen molar-refractivity contribution >= 4 is 10.9 Å². The van der Waals surface area contributed by atoms with Crippen LogP contribution in [-0.2, 0) is 6.18 Å². The van der Waals surface area contributed by atoms with E-state index in [9.17, 15) is 22.4 Å². The second-order valence-electron chi connectivity index (χ2n) is 4.52. The van der Waals surface area contributed by atoms with Gasteiger partial charge in [0.2, 0.25) is 5.89 Å². The van der Waals surface area contributed by atoms with Gasteiger partial charge in [-0.15, -0.1) is 0 Å². The van der Waals surface area contributed by atoms with Crippen molar-refractivity contribution < 1.29 is 22.0 Å². The Kier molecular flexibility index (Phi) is 3.20. The highest BCUT2D eigenvalue weighted by atomic mass is 19.4. The maximum atomic E-state index is 13.5. The molecule has 3 aromatic rings. The molecule has 7 heteroatoms. The minimum absolute atomic E-state index is 0.0751. The molecular formula is C15H7F4NO2. The van der Waals surface area contributed by atoms with Crippen molar-refractivity contribution in [1.82, 2.24) is 4.98 Å². The van der Waals surface area contributed by atoms with Crippen molar-refractivity contribution in [2.45, 2.75) is 6.18 Å². The van der Waals surface area contributed by atoms with E-state index in [1.165, 1.54) is 12.1 Å². The molecule has 0 fully saturated rings. The molecular weight excluding hydrogens is 302 g/mol. The normalized spacial score (nSPS) is 11.8. The highest BCUT2D eigenvalue weighted by molar-refractivity contribution is 5.79. The van der Waals surface area contributed by atoms with E-state index in [-0.39, 0.29) is 22.4 Å². The highest BCUT2D eigenvalue weighted by Gasteiger charge is 2.30. The van der Waals surface area contributed by atoms with Gasteiger partial charge in [0.1, 0.15) is 11.2 Å². The molecule has 0 atom stereocenters. The first-order valence-electron chi connectivity index (χ1n) is 6.13. The van der Waals surface area contributed by atoms with Crippen molar-refractivity contribution in [2.75, 3.05) is 0 Å². The third-order valence-corrected chi connectivity index (χ3v) is 3.07. The van der Waals surface area contributed by atoms with Gasteiger partial charge in [-0.05, 0) is 36.4 Å². The smallest absolute Gasteiger partial charge is 0.403 e. The van der Waals surface area contributed by atoms with E-state index >= 15 is 0 Å². The van der Waals surface area contributed by atoms with Crippen molar-refractivity contribution in [2.24, 2.45) is 0 Å². The summed E-state index contributed by atoms with van der Waals surface area (Å²) < 4.78 is 56.0. The zero-order chi connectivity index (χ0) is 15.9. The number of nitrogens with zero attached hydrogens (tertiary/aromatic N) is 1. The fourth-order valence-corrected chi connectivity index (χ4v) is 2.00. The van der Waals surface area contributed by atoms with E-state index in [1.807, 2.05) is 0 Å². The SMILES string of the molecule is O=c1oc(-c2ccc(C(F)(F)F)cc2)nc2cccc(F)c12. The molecule has 0 amide bonds. The molecule has 0 radical (unpaired) electrons. The molecule has 0 bridgehead atoms. The molecule has 3 nitrogen and oxygen atoms in total. The first kappa shape index (κ1) is 14.2. The fraction of sp³-hybridized carbons (Fsp3) is 0.0667. The van der Waals surface area contributed by atoms with E-state index < -0.39 is 23.2 Å². The highest BCUT2D eigenvalue weighted by Crippen LogP contribution is 2.30. The molecule has 0 aliphatic heterocycles. The summed E-state index contributed by atoms with van der Waals surface area (Å²) in [5, 5.41) is -0.293. The number of hydrogen-bond acceptors (Lipinski definition) is 3. The maximum absolute atomic E-state index is 13.5. The molecule has 0 saturated heterocycles. The maximum Gasteiger partial charge on any atom is 0.416 e. The Morgan fingerprint density at radius 2 is 1.68 bits per heavy atom. The minimum atomic E-state index is -4.46. The lowest BCUT2D eigenvalue weighted by Crippen LogP contribution is -2.06. The van der Waals surface area contributed by atoms with Crippen LogP contribution in [0.3, 0.4) is 0 Å². The van der Waals surface area contributed by atoms with Crippen LogP contribution in [0.1, 0.15) is 5.56 Å². The number of benzene rings is 2. The van der Waals surface area contributed by atoms with Gasteiger partial charge >= 0.3 is 11.8 Å². The average molecular weight is 309 g/mol. The van der Waals surface area contributed by atoms with Gasteiger partial charge in [0, 0.05) is 5.56 Å². The van der Waals surface area contributed by atoms with Gasteiger partial charge < -0.3 is 4.42 Å². The van der Waals surface area contributed by atoms with Crippen molar-refractivity contribution in [3.63, 3.8) is 0 Å². The van der Waals surface area contributed by atoms with Crippen LogP contribution in [0, 0.1) is 5.82 Å². The van der Waals surface area contributed by atoms with Gasteiger partial charge in [0.05, 0.1) is 11.1 Å². The van der Waals surface area contributed by atoms with Crippen LogP contribution in [0.4, 0.5) is 17.6 Å². The molecule has 1 aromatic heterocycles. The third kappa shape index (κ3) is 2.45. The molecule has 112 valence electrons. The number of aromatic nitrogens is 1. The predicted molar refractivity (Wildman–Crippen MR) is 70.7 cm³/mol. The summed E-state index contributed by atoms with van der Waals surface area (Å²) in [4.78, 5) is 15.8. The largest absolute Gasteiger partial charge is 0.416 e. The van der Waals surface area contributed by atoms with Gasteiger partial charge in [-0.25, -0.2) is 14.2 Å². The lowest BCUT2D eigenvalue weighted by Gasteiger charge is -2.07. The predicted octanol–water partition coefficient (Wildman–Crippen LogP) is 4.01. The van der Waals surface area contributed by atoms with E-state index in [1.54, 1.807) is 0 Å². The summed E-state index contributed by atoms with van der Waals surface area (Å²) in [5.74, 6) is -0.936. The molecule has 0 N–H and O–H groups in total. The summed E-state index contributed by atoms with van der Waals surface area (Å²) in [6, 6.07) is 7.88. The molecule has 0 aliphatic rings. The number of halogens is 4. The van der Waals surface area contributed by atoms with Crippen LogP contribution in [0.5, 0.6) is 0 Å². The summed E-state index contributed by atoms with van der Waals surface area (Å²) >= 11 is 0. The Morgan fingerprint density at radius 1 is 1.00 bits per heavy atom. The Labute approximate surface area is 120 Å². The molecule has 0 saturated carbocycles. The zero-order valence-electron chi connectivity index (χ0n) is 10.8. The van der Waals surface area contributed by atoms with Gasteiger partial charge in [0.25, 0.3) is 0 Å². The molecule has 0 aliphatic carbocycles. The van der Waals surface area contributed by atoms with Gasteiger partial charge in [-0.2, -0.15) is 13.2 Å². The van der Waals surface area contributed by atoms with E-state index in [2.05, 4.69) is 4.98 Å². The number of rotatable bonds is 1. The number of fused-ring (bicyclic) bond motifs is 1. The minimum Gasteiger partial charge on any atom is -0.403 e. The Balaban J connectivity index is 2.13. The second kappa shape index (κ2) is 4.94. The van der Waals surface area contributed by atoms with Crippen LogP contribution in [0.2, 0.25) is 0 Å². The summed E-state index contributed by atoms with van der Waals surface area (Å²) in [6.07, 6.45) is -4.46. The topological polar surface area (TPSA) is 43.1 Å². The summed E-state index contributed by atoms with van der Waals surface area (Å²) in [7, 11) is 0. The van der Waals surface area contributed by atoms with E-state index in [4.69, 9.17) is 4.42 Å². The van der Waals surface area contributed by atoms with Gasteiger partial charge in [-0.1, -0.05) is 6.07 Å². The van der Waals surface area contributed by atoms with Crippen LogP contribution in [0.15, 0.2) is 51.7 Å². The molecule has 2 aromatic carbocycles. The Morgan fingerprint density at radius 3 is 2.32 bits per heavy atom. The fourth-order valence-electron chi connectivity index (χ4n) is 2.00. The quantitative estimate of drug-likeness (QED) is 0.638. The Bertz CT molecular complexity index is 898. The molecule has 3 rings (SSSR count). The Hall–Kier alpha value is -2.70. The monoisotopic (exact) mass is 309 g/mol. The molecule has 1 heterocycles. The van der Waals surface area contributed by atoms with Crippen LogP contribution < -0.4 is 5.63 Å².